The highest BCUT2D eigenvalue weighted by Crippen LogP contribution is 2.30. The maximum absolute atomic E-state index is 10.9. The van der Waals surface area contributed by atoms with Crippen LogP contribution in [-0.4, -0.2) is 18.7 Å². The predicted octanol–water partition coefficient (Wildman–Crippen LogP) is 2.39. The molecule has 0 aliphatic carbocycles. The van der Waals surface area contributed by atoms with Crippen molar-refractivity contribution in [3.8, 4) is 11.8 Å². The third-order valence-electron chi connectivity index (χ3n) is 3.23. The van der Waals surface area contributed by atoms with Gasteiger partial charge in [-0.3, -0.25) is 0 Å². The van der Waals surface area contributed by atoms with Gasteiger partial charge in [0.1, 0.15) is 11.8 Å². The van der Waals surface area contributed by atoms with Crippen molar-refractivity contribution in [1.29, 1.82) is 5.26 Å². The molecule has 0 heterocycles. The fourth-order valence-electron chi connectivity index (χ4n) is 2.08. The second kappa shape index (κ2) is 6.89. The molecule has 2 aromatic carbocycles. The number of nitrogens with zero attached hydrogens (tertiary/aromatic N) is 1. The van der Waals surface area contributed by atoms with E-state index in [4.69, 9.17) is 10.00 Å². The molecule has 21 heavy (non-hydrogen) atoms. The minimum atomic E-state index is -1.47. The highest BCUT2D eigenvalue weighted by molar-refractivity contribution is 5.43. The fourth-order valence-corrected chi connectivity index (χ4v) is 2.08. The van der Waals surface area contributed by atoms with Crippen LogP contribution in [0.2, 0.25) is 0 Å². The Morgan fingerprint density at radius 1 is 1.14 bits per heavy atom. The van der Waals surface area contributed by atoms with Crippen molar-refractivity contribution in [3.63, 3.8) is 0 Å². The summed E-state index contributed by atoms with van der Waals surface area (Å²) in [6.07, 6.45) is 0.368. The maximum Gasteiger partial charge on any atom is 0.236 e. The first kappa shape index (κ1) is 15.0. The van der Waals surface area contributed by atoms with Gasteiger partial charge in [-0.2, -0.15) is 5.26 Å². The predicted molar refractivity (Wildman–Crippen MR) is 80.7 cm³/mol. The summed E-state index contributed by atoms with van der Waals surface area (Å²) >= 11 is 0. The first-order valence-electron chi connectivity index (χ1n) is 6.80. The summed E-state index contributed by atoms with van der Waals surface area (Å²) in [5.41, 5.74) is 1.06. The molecule has 0 bridgehead atoms. The topological polar surface area (TPSA) is 65.3 Å². The van der Waals surface area contributed by atoms with E-state index >= 15 is 0 Å². The molecule has 0 spiro atoms. The largest absolute Gasteiger partial charge is 0.457 e. The Kier molecular flexibility index (Phi) is 4.94. The number of aliphatic hydroxyl groups is 1. The molecule has 0 amide bonds. The van der Waals surface area contributed by atoms with Gasteiger partial charge in [-0.15, -0.1) is 0 Å². The lowest BCUT2D eigenvalue weighted by Gasteiger charge is -2.30. The lowest BCUT2D eigenvalue weighted by Crippen LogP contribution is -2.36. The van der Waals surface area contributed by atoms with Gasteiger partial charge in [0.25, 0.3) is 0 Å². The lowest BCUT2D eigenvalue weighted by molar-refractivity contribution is -0.150. The molecule has 4 nitrogen and oxygen atoms in total. The molecule has 0 saturated heterocycles. The zero-order valence-electron chi connectivity index (χ0n) is 11.9. The van der Waals surface area contributed by atoms with Gasteiger partial charge in [0, 0.05) is 18.5 Å². The number of benzene rings is 2. The number of nitriles is 1. The normalized spacial score (nSPS) is 13.2. The van der Waals surface area contributed by atoms with Crippen molar-refractivity contribution in [2.24, 2.45) is 0 Å². The SMILES string of the molecule is CNCC[C@@](O)(Oc1ccccc1C#N)c1ccccc1. The van der Waals surface area contributed by atoms with Crippen LogP contribution in [-0.2, 0) is 5.79 Å². The highest BCUT2D eigenvalue weighted by Gasteiger charge is 2.31. The van der Waals surface area contributed by atoms with E-state index in [1.807, 2.05) is 37.4 Å². The quantitative estimate of drug-likeness (QED) is 0.798. The first-order chi connectivity index (χ1) is 10.2. The number of hydrogen-bond acceptors (Lipinski definition) is 4. The average molecular weight is 282 g/mol. The van der Waals surface area contributed by atoms with Crippen molar-refractivity contribution in [2.75, 3.05) is 13.6 Å². The van der Waals surface area contributed by atoms with Crippen LogP contribution in [0.3, 0.4) is 0 Å². The van der Waals surface area contributed by atoms with Crippen LogP contribution in [0.5, 0.6) is 5.75 Å². The summed E-state index contributed by atoms with van der Waals surface area (Å²) in [6.45, 7) is 0.583. The van der Waals surface area contributed by atoms with Crippen molar-refractivity contribution >= 4 is 0 Å². The van der Waals surface area contributed by atoms with E-state index in [2.05, 4.69) is 11.4 Å². The number of para-hydroxylation sites is 1. The van der Waals surface area contributed by atoms with Gasteiger partial charge in [-0.25, -0.2) is 0 Å². The van der Waals surface area contributed by atoms with Gasteiger partial charge in [0.05, 0.1) is 5.56 Å². The molecule has 0 aliphatic heterocycles. The Bertz CT molecular complexity index is 622. The van der Waals surface area contributed by atoms with Gasteiger partial charge >= 0.3 is 0 Å². The Morgan fingerprint density at radius 3 is 2.48 bits per heavy atom. The zero-order chi connectivity index (χ0) is 15.1. The Balaban J connectivity index is 2.35. The maximum atomic E-state index is 10.9. The Morgan fingerprint density at radius 2 is 1.81 bits per heavy atom. The lowest BCUT2D eigenvalue weighted by atomic mass is 10.0. The van der Waals surface area contributed by atoms with E-state index in [1.165, 1.54) is 0 Å². The molecule has 4 heteroatoms. The van der Waals surface area contributed by atoms with Crippen molar-refractivity contribution in [2.45, 2.75) is 12.2 Å². The molecular weight excluding hydrogens is 264 g/mol. The summed E-state index contributed by atoms with van der Waals surface area (Å²) in [5.74, 6) is -1.10. The molecule has 2 aromatic rings. The van der Waals surface area contributed by atoms with Gasteiger partial charge in [-0.1, -0.05) is 42.5 Å². The minimum absolute atomic E-state index is 0.368. The molecule has 0 unspecified atom stereocenters. The molecule has 0 fully saturated rings. The van der Waals surface area contributed by atoms with E-state index in [0.717, 1.165) is 0 Å². The van der Waals surface area contributed by atoms with E-state index in [0.29, 0.717) is 29.8 Å². The summed E-state index contributed by atoms with van der Waals surface area (Å²) in [6, 6.07) is 18.2. The zero-order valence-corrected chi connectivity index (χ0v) is 11.9. The molecule has 0 saturated carbocycles. The van der Waals surface area contributed by atoms with E-state index in [1.54, 1.807) is 24.3 Å². The number of ether oxygens (including phenoxy) is 1. The summed E-state index contributed by atoms with van der Waals surface area (Å²) in [5, 5.41) is 23.1. The minimum Gasteiger partial charge on any atom is -0.457 e. The van der Waals surface area contributed by atoms with Crippen LogP contribution in [0.4, 0.5) is 0 Å². The molecular formula is C17H18N2O2. The third kappa shape index (κ3) is 3.60. The van der Waals surface area contributed by atoms with Crippen molar-refractivity contribution in [3.05, 3.63) is 65.7 Å². The van der Waals surface area contributed by atoms with Crippen LogP contribution < -0.4 is 10.1 Å². The van der Waals surface area contributed by atoms with Crippen LogP contribution in [0.15, 0.2) is 54.6 Å². The monoisotopic (exact) mass is 282 g/mol. The molecule has 108 valence electrons. The summed E-state index contributed by atoms with van der Waals surface area (Å²) in [4.78, 5) is 0. The first-order valence-corrected chi connectivity index (χ1v) is 6.80. The average Bonchev–Trinajstić information content (AvgIpc) is 2.54. The van der Waals surface area contributed by atoms with Crippen LogP contribution in [0.25, 0.3) is 0 Å². The Labute approximate surface area is 124 Å². The standard InChI is InChI=1S/C17H18N2O2/c1-19-12-11-17(20,15-8-3-2-4-9-15)21-16-10-6-5-7-14(16)13-18/h2-10,19-20H,11-12H2,1H3/t17-/m1/s1. The third-order valence-corrected chi connectivity index (χ3v) is 3.23. The molecule has 1 atom stereocenters. The summed E-state index contributed by atoms with van der Waals surface area (Å²) in [7, 11) is 1.81. The van der Waals surface area contributed by atoms with Crippen molar-refractivity contribution < 1.29 is 9.84 Å². The smallest absolute Gasteiger partial charge is 0.236 e. The molecule has 0 radical (unpaired) electrons. The summed E-state index contributed by atoms with van der Waals surface area (Å²) < 4.78 is 5.81. The van der Waals surface area contributed by atoms with Crippen LogP contribution in [0, 0.1) is 11.3 Å². The van der Waals surface area contributed by atoms with E-state index in [9.17, 15) is 5.11 Å². The van der Waals surface area contributed by atoms with Crippen LogP contribution in [0.1, 0.15) is 17.5 Å². The van der Waals surface area contributed by atoms with Gasteiger partial charge < -0.3 is 15.2 Å². The molecule has 0 aromatic heterocycles. The number of rotatable bonds is 6. The molecule has 2 rings (SSSR count). The highest BCUT2D eigenvalue weighted by atomic mass is 16.6. The molecule has 2 N–H and O–H groups in total. The van der Waals surface area contributed by atoms with Crippen LogP contribution >= 0.6 is 0 Å². The number of nitrogens with one attached hydrogen (secondary N) is 1. The van der Waals surface area contributed by atoms with Crippen molar-refractivity contribution in [1.82, 2.24) is 5.32 Å². The Hall–Kier alpha value is -2.35. The van der Waals surface area contributed by atoms with Gasteiger partial charge in [0.15, 0.2) is 0 Å². The van der Waals surface area contributed by atoms with Gasteiger partial charge in [0.2, 0.25) is 5.79 Å². The van der Waals surface area contributed by atoms with Gasteiger partial charge in [-0.05, 0) is 19.2 Å². The molecule has 0 aliphatic rings. The second-order valence-corrected chi connectivity index (χ2v) is 4.71. The van der Waals surface area contributed by atoms with E-state index in [-0.39, 0.29) is 0 Å². The number of hydrogen-bond donors (Lipinski definition) is 2. The fraction of sp³-hybridized carbons (Fsp3) is 0.235. The second-order valence-electron chi connectivity index (χ2n) is 4.71. The van der Waals surface area contributed by atoms with E-state index < -0.39 is 5.79 Å².